The van der Waals surface area contributed by atoms with Crippen molar-refractivity contribution in [1.29, 1.82) is 0 Å². The molecule has 0 aliphatic rings. The van der Waals surface area contributed by atoms with Gasteiger partial charge in [-0.2, -0.15) is 4.31 Å². The number of hydrogen-bond donors (Lipinski definition) is 2. The Morgan fingerprint density at radius 3 is 2.67 bits per heavy atom. The zero-order chi connectivity index (χ0) is 15.6. The number of benzene rings is 1. The molecular weight excluding hydrogens is 296 g/mol. The Morgan fingerprint density at radius 2 is 2.10 bits per heavy atom. The fourth-order valence-electron chi connectivity index (χ4n) is 1.80. The van der Waals surface area contributed by atoms with Gasteiger partial charge in [-0.3, -0.25) is 0 Å². The first-order valence-corrected chi connectivity index (χ1v) is 7.38. The molecule has 7 nitrogen and oxygen atoms in total. The Morgan fingerprint density at radius 1 is 1.38 bits per heavy atom. The summed E-state index contributed by atoms with van der Waals surface area (Å²) < 4.78 is 31.1. The molecule has 2 aromatic rings. The van der Waals surface area contributed by atoms with Crippen molar-refractivity contribution in [3.8, 4) is 0 Å². The molecule has 0 unspecified atom stereocenters. The highest BCUT2D eigenvalue weighted by Crippen LogP contribution is 2.23. The number of carboxylic acid groups (broad SMARTS) is 1. The van der Waals surface area contributed by atoms with Gasteiger partial charge in [-0.25, -0.2) is 13.2 Å². The highest BCUT2D eigenvalue weighted by Gasteiger charge is 2.27. The van der Waals surface area contributed by atoms with E-state index in [0.717, 1.165) is 10.4 Å². The van der Waals surface area contributed by atoms with Gasteiger partial charge in [0.2, 0.25) is 10.0 Å². The molecule has 0 amide bonds. The molecule has 0 aliphatic heterocycles. The molecule has 21 heavy (non-hydrogen) atoms. The van der Waals surface area contributed by atoms with Gasteiger partial charge in [0.05, 0.1) is 23.3 Å². The molecule has 8 heteroatoms. The zero-order valence-corrected chi connectivity index (χ0v) is 12.0. The molecule has 0 atom stereocenters. The molecular formula is C13H14N2O5S. The van der Waals surface area contributed by atoms with Gasteiger partial charge >= 0.3 is 5.97 Å². The number of carbonyl (C=O) groups is 1. The van der Waals surface area contributed by atoms with Crippen molar-refractivity contribution >= 4 is 21.7 Å². The molecule has 0 bridgehead atoms. The van der Waals surface area contributed by atoms with E-state index in [9.17, 15) is 13.2 Å². The van der Waals surface area contributed by atoms with Gasteiger partial charge < -0.3 is 15.3 Å². The van der Waals surface area contributed by atoms with Crippen LogP contribution in [0, 0.1) is 0 Å². The van der Waals surface area contributed by atoms with E-state index in [1.807, 2.05) is 0 Å². The minimum Gasteiger partial charge on any atom is -0.478 e. The van der Waals surface area contributed by atoms with Crippen LogP contribution in [0.15, 0.2) is 45.9 Å². The summed E-state index contributed by atoms with van der Waals surface area (Å²) in [7, 11) is -2.66. The molecule has 0 saturated heterocycles. The number of hydrogen-bond acceptors (Lipinski definition) is 5. The van der Waals surface area contributed by atoms with Gasteiger partial charge in [-0.05, 0) is 30.3 Å². The molecule has 0 radical (unpaired) electrons. The number of anilines is 1. The molecule has 1 aromatic carbocycles. The number of nitrogen functional groups attached to an aromatic ring is 1. The first-order chi connectivity index (χ1) is 9.82. The van der Waals surface area contributed by atoms with Crippen LogP contribution in [0.4, 0.5) is 5.69 Å². The monoisotopic (exact) mass is 310 g/mol. The first-order valence-electron chi connectivity index (χ1n) is 5.94. The predicted octanol–water partition coefficient (Wildman–Crippen LogP) is 1.38. The lowest BCUT2D eigenvalue weighted by atomic mass is 10.2. The van der Waals surface area contributed by atoms with E-state index in [0.29, 0.717) is 5.76 Å². The third kappa shape index (κ3) is 3.06. The molecule has 0 aliphatic carbocycles. The summed E-state index contributed by atoms with van der Waals surface area (Å²) in [4.78, 5) is 10.8. The number of carboxylic acids is 1. The molecule has 0 saturated carbocycles. The number of sulfonamides is 1. The molecule has 1 heterocycles. The number of aromatic carboxylic acids is 1. The van der Waals surface area contributed by atoms with Crippen molar-refractivity contribution in [3.05, 3.63) is 47.9 Å². The summed E-state index contributed by atoms with van der Waals surface area (Å²) in [5, 5.41) is 9.12. The second-order valence-electron chi connectivity index (χ2n) is 4.40. The predicted molar refractivity (Wildman–Crippen MR) is 75.2 cm³/mol. The second-order valence-corrected chi connectivity index (χ2v) is 6.41. The minimum absolute atomic E-state index is 0.0107. The van der Waals surface area contributed by atoms with Gasteiger partial charge in [0.15, 0.2) is 0 Å². The Bertz CT molecular complexity index is 753. The standard InChI is InChI=1S/C13H14N2O5S/c1-15(8-10-3-2-6-20-10)21(18,19)12-7-9(14)4-5-11(12)13(16)17/h2-7H,8,14H2,1H3,(H,16,17). The Hall–Kier alpha value is -2.32. The SMILES string of the molecule is CN(Cc1ccco1)S(=O)(=O)c1cc(N)ccc1C(=O)O. The van der Waals surface area contributed by atoms with Crippen LogP contribution in [0.25, 0.3) is 0 Å². The van der Waals surface area contributed by atoms with E-state index in [4.69, 9.17) is 15.3 Å². The molecule has 2 rings (SSSR count). The van der Waals surface area contributed by atoms with Gasteiger partial charge in [0.1, 0.15) is 5.76 Å². The first kappa shape index (κ1) is 15.1. The van der Waals surface area contributed by atoms with Crippen molar-refractivity contribution in [2.24, 2.45) is 0 Å². The van der Waals surface area contributed by atoms with Crippen molar-refractivity contribution in [2.45, 2.75) is 11.4 Å². The Kier molecular flexibility index (Phi) is 4.01. The summed E-state index contributed by atoms with van der Waals surface area (Å²) in [6.45, 7) is -0.0107. The van der Waals surface area contributed by atoms with Gasteiger partial charge in [-0.15, -0.1) is 0 Å². The normalized spacial score (nSPS) is 11.7. The fourth-order valence-corrected chi connectivity index (χ4v) is 3.16. The average molecular weight is 310 g/mol. The number of furan rings is 1. The van der Waals surface area contributed by atoms with Crippen molar-refractivity contribution in [1.82, 2.24) is 4.31 Å². The average Bonchev–Trinajstić information content (AvgIpc) is 2.91. The van der Waals surface area contributed by atoms with Crippen molar-refractivity contribution < 1.29 is 22.7 Å². The molecule has 0 fully saturated rings. The van der Waals surface area contributed by atoms with E-state index in [1.54, 1.807) is 12.1 Å². The molecule has 1 aromatic heterocycles. The zero-order valence-electron chi connectivity index (χ0n) is 11.2. The van der Waals surface area contributed by atoms with Crippen LogP contribution in [0.5, 0.6) is 0 Å². The van der Waals surface area contributed by atoms with Crippen LogP contribution < -0.4 is 5.73 Å². The van der Waals surface area contributed by atoms with Crippen LogP contribution in [0.1, 0.15) is 16.1 Å². The van der Waals surface area contributed by atoms with E-state index in [-0.39, 0.29) is 22.7 Å². The quantitative estimate of drug-likeness (QED) is 0.806. The number of nitrogens with two attached hydrogens (primary N) is 1. The molecule has 112 valence electrons. The van der Waals surface area contributed by atoms with Crippen LogP contribution in [-0.2, 0) is 16.6 Å². The van der Waals surface area contributed by atoms with E-state index < -0.39 is 16.0 Å². The third-order valence-electron chi connectivity index (χ3n) is 2.88. The fraction of sp³-hybridized carbons (Fsp3) is 0.154. The van der Waals surface area contributed by atoms with E-state index in [2.05, 4.69) is 0 Å². The van der Waals surface area contributed by atoms with E-state index >= 15 is 0 Å². The largest absolute Gasteiger partial charge is 0.478 e. The van der Waals surface area contributed by atoms with Crippen LogP contribution in [-0.4, -0.2) is 30.8 Å². The van der Waals surface area contributed by atoms with Crippen molar-refractivity contribution in [2.75, 3.05) is 12.8 Å². The summed E-state index contributed by atoms with van der Waals surface area (Å²) >= 11 is 0. The molecule has 0 spiro atoms. The summed E-state index contributed by atoms with van der Waals surface area (Å²) in [5.41, 5.74) is 5.41. The highest BCUT2D eigenvalue weighted by atomic mass is 32.2. The second kappa shape index (κ2) is 5.58. The van der Waals surface area contributed by atoms with Gasteiger partial charge in [0, 0.05) is 12.7 Å². The Labute approximate surface area is 121 Å². The van der Waals surface area contributed by atoms with Crippen LogP contribution in [0.2, 0.25) is 0 Å². The maximum Gasteiger partial charge on any atom is 0.337 e. The number of rotatable bonds is 5. The third-order valence-corrected chi connectivity index (χ3v) is 4.73. The summed E-state index contributed by atoms with van der Waals surface area (Å²) in [6.07, 6.45) is 1.43. The van der Waals surface area contributed by atoms with E-state index in [1.165, 1.54) is 25.4 Å². The lowest BCUT2D eigenvalue weighted by Crippen LogP contribution is -2.28. The lowest BCUT2D eigenvalue weighted by Gasteiger charge is -2.17. The number of nitrogens with zero attached hydrogens (tertiary/aromatic N) is 1. The topological polar surface area (TPSA) is 114 Å². The Balaban J connectivity index is 2.43. The van der Waals surface area contributed by atoms with Gasteiger partial charge in [0.25, 0.3) is 0 Å². The van der Waals surface area contributed by atoms with Crippen LogP contribution in [0.3, 0.4) is 0 Å². The van der Waals surface area contributed by atoms with Crippen LogP contribution >= 0.6 is 0 Å². The summed E-state index contributed by atoms with van der Waals surface area (Å²) in [6, 6.07) is 6.92. The maximum atomic E-state index is 12.5. The minimum atomic E-state index is -4.00. The maximum absolute atomic E-state index is 12.5. The summed E-state index contributed by atoms with van der Waals surface area (Å²) in [5.74, 6) is -0.887. The van der Waals surface area contributed by atoms with Gasteiger partial charge in [-0.1, -0.05) is 0 Å². The molecule has 3 N–H and O–H groups in total. The van der Waals surface area contributed by atoms with Crippen molar-refractivity contribution in [3.63, 3.8) is 0 Å². The highest BCUT2D eigenvalue weighted by molar-refractivity contribution is 7.89. The lowest BCUT2D eigenvalue weighted by molar-refractivity contribution is 0.0692. The smallest absolute Gasteiger partial charge is 0.337 e.